The molecule has 0 aliphatic carbocycles. The van der Waals surface area contributed by atoms with Crippen molar-refractivity contribution in [3.63, 3.8) is 0 Å². The maximum atomic E-state index is 13.9. The Morgan fingerprint density at radius 1 is 1.00 bits per heavy atom. The van der Waals surface area contributed by atoms with E-state index in [1.807, 2.05) is 45.0 Å². The van der Waals surface area contributed by atoms with Gasteiger partial charge in [0.05, 0.1) is 17.2 Å². The Morgan fingerprint density at radius 3 is 2.29 bits per heavy atom. The lowest BCUT2D eigenvalue weighted by Gasteiger charge is -2.32. The molecule has 0 aromatic heterocycles. The molecule has 1 N–H and O–H groups in total. The summed E-state index contributed by atoms with van der Waals surface area (Å²) in [7, 11) is -4.29. The summed E-state index contributed by atoms with van der Waals surface area (Å²) in [5.41, 5.74) is 2.02. The van der Waals surface area contributed by atoms with Crippen LogP contribution in [0.25, 0.3) is 0 Å². The molecular weight excluding hydrogens is 545 g/mol. The lowest BCUT2D eigenvalue weighted by molar-refractivity contribution is -0.139. The number of hydrogen-bond acceptors (Lipinski definition) is 5. The number of rotatable bonds is 14. The van der Waals surface area contributed by atoms with Gasteiger partial charge in [0.15, 0.2) is 0 Å². The third kappa shape index (κ3) is 8.53. The van der Waals surface area contributed by atoms with Gasteiger partial charge in [0.2, 0.25) is 11.8 Å². The topological polar surface area (TPSA) is 96.0 Å². The largest absolute Gasteiger partial charge is 0.494 e. The second-order valence-electron chi connectivity index (χ2n) is 9.72. The lowest BCUT2D eigenvalue weighted by atomic mass is 10.1. The van der Waals surface area contributed by atoms with E-state index in [0.717, 1.165) is 52.5 Å². The molecule has 0 aliphatic rings. The zero-order valence-corrected chi connectivity index (χ0v) is 24.8. The summed E-state index contributed by atoms with van der Waals surface area (Å²) in [6, 6.07) is 17.5. The SMILES string of the molecule is CCCCNC(=O)[C@H](C)N(Cc1cccc(C)c1)C(=O)CN(c1ccc(OCC)cc1)S(=O)(=O)c1ccc(F)cc1. The summed E-state index contributed by atoms with van der Waals surface area (Å²) in [6.45, 7) is 7.85. The van der Waals surface area contributed by atoms with Crippen molar-refractivity contribution in [1.82, 2.24) is 10.2 Å². The first kappa shape index (κ1) is 31.6. The molecular formula is C31H38FN3O5S. The maximum Gasteiger partial charge on any atom is 0.264 e. The number of halogens is 1. The van der Waals surface area contributed by atoms with Crippen LogP contribution in [0.2, 0.25) is 0 Å². The van der Waals surface area contributed by atoms with Gasteiger partial charge in [-0.3, -0.25) is 13.9 Å². The minimum absolute atomic E-state index is 0.108. The molecule has 0 fully saturated rings. The second-order valence-corrected chi connectivity index (χ2v) is 11.6. The lowest BCUT2D eigenvalue weighted by Crippen LogP contribution is -2.51. The van der Waals surface area contributed by atoms with Crippen molar-refractivity contribution in [1.29, 1.82) is 0 Å². The molecule has 2 amide bonds. The van der Waals surface area contributed by atoms with E-state index in [2.05, 4.69) is 5.32 Å². The number of sulfonamides is 1. The van der Waals surface area contributed by atoms with E-state index < -0.39 is 34.3 Å². The number of carbonyl (C=O) groups excluding carboxylic acids is 2. The maximum absolute atomic E-state index is 13.9. The van der Waals surface area contributed by atoms with Crippen molar-refractivity contribution >= 4 is 27.5 Å². The van der Waals surface area contributed by atoms with Crippen LogP contribution in [0.3, 0.4) is 0 Å². The minimum Gasteiger partial charge on any atom is -0.494 e. The van der Waals surface area contributed by atoms with Gasteiger partial charge in [-0.2, -0.15) is 0 Å². The molecule has 0 saturated heterocycles. The van der Waals surface area contributed by atoms with Gasteiger partial charge in [-0.05, 0) is 81.3 Å². The van der Waals surface area contributed by atoms with E-state index in [-0.39, 0.29) is 23.0 Å². The number of nitrogens with one attached hydrogen (secondary N) is 1. The Balaban J connectivity index is 2.00. The van der Waals surface area contributed by atoms with E-state index in [4.69, 9.17) is 4.74 Å². The Morgan fingerprint density at radius 2 is 1.68 bits per heavy atom. The highest BCUT2D eigenvalue weighted by molar-refractivity contribution is 7.92. The number of ether oxygens (including phenoxy) is 1. The zero-order chi connectivity index (χ0) is 30.0. The van der Waals surface area contributed by atoms with E-state index in [9.17, 15) is 22.4 Å². The van der Waals surface area contributed by atoms with Gasteiger partial charge in [-0.15, -0.1) is 0 Å². The van der Waals surface area contributed by atoms with E-state index in [1.54, 1.807) is 31.2 Å². The fraction of sp³-hybridized carbons (Fsp3) is 0.355. The molecule has 0 radical (unpaired) electrons. The Hall–Kier alpha value is -3.92. The molecule has 0 spiro atoms. The Kier molecular flexibility index (Phi) is 11.3. The normalized spacial score (nSPS) is 11.9. The first-order valence-electron chi connectivity index (χ1n) is 13.7. The summed E-state index contributed by atoms with van der Waals surface area (Å²) in [5.74, 6) is -0.933. The molecule has 0 unspecified atom stereocenters. The van der Waals surface area contributed by atoms with Crippen LogP contribution in [0.4, 0.5) is 10.1 Å². The van der Waals surface area contributed by atoms with Gasteiger partial charge in [0, 0.05) is 13.1 Å². The van der Waals surface area contributed by atoms with Crippen LogP contribution >= 0.6 is 0 Å². The fourth-order valence-electron chi connectivity index (χ4n) is 4.26. The van der Waals surface area contributed by atoms with Crippen LogP contribution in [0.15, 0.2) is 77.7 Å². The van der Waals surface area contributed by atoms with Gasteiger partial charge >= 0.3 is 0 Å². The highest BCUT2D eigenvalue weighted by Crippen LogP contribution is 2.27. The van der Waals surface area contributed by atoms with Gasteiger partial charge < -0.3 is 15.0 Å². The first-order chi connectivity index (χ1) is 19.6. The molecule has 3 aromatic carbocycles. The van der Waals surface area contributed by atoms with E-state index >= 15 is 0 Å². The van der Waals surface area contributed by atoms with Gasteiger partial charge in [0.1, 0.15) is 24.2 Å². The van der Waals surface area contributed by atoms with Crippen LogP contribution < -0.4 is 14.4 Å². The van der Waals surface area contributed by atoms with Crippen LogP contribution in [-0.2, 0) is 26.2 Å². The molecule has 0 heterocycles. The molecule has 0 bridgehead atoms. The number of unbranched alkanes of at least 4 members (excludes halogenated alkanes) is 1. The average Bonchev–Trinajstić information content (AvgIpc) is 2.95. The third-order valence-electron chi connectivity index (χ3n) is 6.55. The highest BCUT2D eigenvalue weighted by Gasteiger charge is 2.32. The second kappa shape index (κ2) is 14.6. The first-order valence-corrected chi connectivity index (χ1v) is 15.1. The molecule has 0 aliphatic heterocycles. The van der Waals surface area contributed by atoms with Gasteiger partial charge in [0.25, 0.3) is 10.0 Å². The molecule has 3 rings (SSSR count). The number of carbonyl (C=O) groups is 2. The average molecular weight is 584 g/mol. The van der Waals surface area contributed by atoms with Crippen molar-refractivity contribution < 1.29 is 27.1 Å². The van der Waals surface area contributed by atoms with Crippen molar-refractivity contribution in [3.8, 4) is 5.75 Å². The van der Waals surface area contributed by atoms with Gasteiger partial charge in [-0.25, -0.2) is 12.8 Å². The van der Waals surface area contributed by atoms with E-state index in [1.165, 1.54) is 4.90 Å². The quantitative estimate of drug-likeness (QED) is 0.268. The zero-order valence-electron chi connectivity index (χ0n) is 24.0. The third-order valence-corrected chi connectivity index (χ3v) is 8.34. The fourth-order valence-corrected chi connectivity index (χ4v) is 5.68. The summed E-state index contributed by atoms with van der Waals surface area (Å²) in [6.07, 6.45) is 1.70. The molecule has 41 heavy (non-hydrogen) atoms. The molecule has 1 atom stereocenters. The number of benzene rings is 3. The Bertz CT molecular complexity index is 1410. The molecule has 220 valence electrons. The summed E-state index contributed by atoms with van der Waals surface area (Å²) in [4.78, 5) is 28.2. The predicted molar refractivity (Wildman–Crippen MR) is 158 cm³/mol. The number of hydrogen-bond donors (Lipinski definition) is 1. The van der Waals surface area contributed by atoms with Crippen molar-refractivity contribution in [3.05, 3.63) is 89.7 Å². The standard InChI is InChI=1S/C31H38FN3O5S/c1-5-7-19-33-31(37)24(4)34(21-25-10-8-9-23(3)20-25)30(36)22-35(27-13-15-28(16-14-27)40-6-2)41(38,39)29-17-11-26(32)12-18-29/h8-18,20,24H,5-7,19,21-22H2,1-4H3,(H,33,37)/t24-/m0/s1. The van der Waals surface area contributed by atoms with Gasteiger partial charge in [-0.1, -0.05) is 43.2 Å². The number of nitrogens with zero attached hydrogens (tertiary/aromatic N) is 2. The van der Waals surface area contributed by atoms with Crippen LogP contribution in [-0.4, -0.2) is 50.9 Å². The van der Waals surface area contributed by atoms with Crippen molar-refractivity contribution in [2.45, 2.75) is 58.0 Å². The molecule has 3 aromatic rings. The van der Waals surface area contributed by atoms with Crippen LogP contribution in [0.1, 0.15) is 44.7 Å². The summed E-state index contributed by atoms with van der Waals surface area (Å²) >= 11 is 0. The van der Waals surface area contributed by atoms with Crippen molar-refractivity contribution in [2.75, 3.05) is 24.0 Å². The Labute approximate surface area is 242 Å². The summed E-state index contributed by atoms with van der Waals surface area (Å²) < 4.78 is 47.7. The van der Waals surface area contributed by atoms with Crippen molar-refractivity contribution in [2.24, 2.45) is 0 Å². The molecule has 8 nitrogen and oxygen atoms in total. The number of amides is 2. The summed E-state index contributed by atoms with van der Waals surface area (Å²) in [5, 5.41) is 2.87. The van der Waals surface area contributed by atoms with Crippen LogP contribution in [0, 0.1) is 12.7 Å². The minimum atomic E-state index is -4.29. The van der Waals surface area contributed by atoms with E-state index in [0.29, 0.717) is 18.9 Å². The predicted octanol–water partition coefficient (Wildman–Crippen LogP) is 5.06. The van der Waals surface area contributed by atoms with Crippen LogP contribution in [0.5, 0.6) is 5.75 Å². The monoisotopic (exact) mass is 583 g/mol. The smallest absolute Gasteiger partial charge is 0.264 e. The molecule has 0 saturated carbocycles. The number of aryl methyl sites for hydroxylation is 1. The molecule has 10 heteroatoms. The number of anilines is 1. The highest BCUT2D eigenvalue weighted by atomic mass is 32.2.